The van der Waals surface area contributed by atoms with Crippen molar-refractivity contribution in [2.75, 3.05) is 7.11 Å². The Morgan fingerprint density at radius 2 is 2.24 bits per heavy atom. The van der Waals surface area contributed by atoms with Crippen LogP contribution in [-0.4, -0.2) is 23.2 Å². The summed E-state index contributed by atoms with van der Waals surface area (Å²) in [6, 6.07) is 5.80. The van der Waals surface area contributed by atoms with Crippen molar-refractivity contribution in [3.05, 3.63) is 29.5 Å². The molecule has 17 heavy (non-hydrogen) atoms. The smallest absolute Gasteiger partial charge is 0.303 e. The van der Waals surface area contributed by atoms with Crippen molar-refractivity contribution in [3.63, 3.8) is 0 Å². The first-order valence-electron chi connectivity index (χ1n) is 5.49. The lowest BCUT2D eigenvalue weighted by Gasteiger charge is -1.99. The molecule has 0 saturated heterocycles. The minimum Gasteiger partial charge on any atom is -0.497 e. The van der Waals surface area contributed by atoms with E-state index in [-0.39, 0.29) is 6.42 Å². The third-order valence-electron chi connectivity index (χ3n) is 2.96. The molecule has 0 bridgehead atoms. The summed E-state index contributed by atoms with van der Waals surface area (Å²) >= 11 is 0. The van der Waals surface area contributed by atoms with Crippen molar-refractivity contribution in [1.82, 2.24) is 4.98 Å². The molecule has 2 aromatic rings. The number of hydrogen-bond acceptors (Lipinski definition) is 2. The molecule has 1 aromatic carbocycles. The average Bonchev–Trinajstić information content (AvgIpc) is 2.63. The maximum atomic E-state index is 10.6. The minimum atomic E-state index is -0.777. The number of carboxylic acids is 1. The monoisotopic (exact) mass is 233 g/mol. The normalized spacial score (nSPS) is 10.7. The Kier molecular flexibility index (Phi) is 3.04. The molecule has 1 aromatic heterocycles. The first kappa shape index (κ1) is 11.5. The van der Waals surface area contributed by atoms with Crippen LogP contribution < -0.4 is 4.74 Å². The van der Waals surface area contributed by atoms with Crippen LogP contribution in [0.15, 0.2) is 18.2 Å². The van der Waals surface area contributed by atoms with E-state index in [9.17, 15) is 4.79 Å². The van der Waals surface area contributed by atoms with Gasteiger partial charge in [-0.05, 0) is 37.1 Å². The van der Waals surface area contributed by atoms with Crippen LogP contribution in [-0.2, 0) is 11.2 Å². The minimum absolute atomic E-state index is 0.144. The van der Waals surface area contributed by atoms with Gasteiger partial charge in [-0.25, -0.2) is 0 Å². The SMILES string of the molecule is COc1ccc2[nH]c(CCC(=O)O)c(C)c2c1. The molecule has 0 fully saturated rings. The maximum Gasteiger partial charge on any atom is 0.303 e. The fourth-order valence-electron chi connectivity index (χ4n) is 1.97. The lowest BCUT2D eigenvalue weighted by atomic mass is 10.1. The zero-order valence-electron chi connectivity index (χ0n) is 9.91. The Balaban J connectivity index is 2.38. The Morgan fingerprint density at radius 1 is 1.47 bits per heavy atom. The van der Waals surface area contributed by atoms with Crippen molar-refractivity contribution >= 4 is 16.9 Å². The average molecular weight is 233 g/mol. The Labute approximate surface area is 99.2 Å². The van der Waals surface area contributed by atoms with Crippen molar-refractivity contribution < 1.29 is 14.6 Å². The molecule has 0 aliphatic rings. The van der Waals surface area contributed by atoms with Gasteiger partial charge in [0.05, 0.1) is 13.5 Å². The van der Waals surface area contributed by atoms with Crippen LogP contribution in [0, 0.1) is 6.92 Å². The van der Waals surface area contributed by atoms with E-state index in [1.165, 1.54) is 0 Å². The molecule has 0 saturated carbocycles. The molecule has 4 nitrogen and oxygen atoms in total. The summed E-state index contributed by atoms with van der Waals surface area (Å²) in [5.74, 6) is 0.0324. The Bertz CT molecular complexity index is 557. The molecule has 2 N–H and O–H groups in total. The van der Waals surface area contributed by atoms with E-state index in [0.29, 0.717) is 6.42 Å². The van der Waals surface area contributed by atoms with Crippen LogP contribution in [0.2, 0.25) is 0 Å². The van der Waals surface area contributed by atoms with E-state index >= 15 is 0 Å². The van der Waals surface area contributed by atoms with Gasteiger partial charge in [0.15, 0.2) is 0 Å². The molecular weight excluding hydrogens is 218 g/mol. The van der Waals surface area contributed by atoms with Crippen LogP contribution in [0.25, 0.3) is 10.9 Å². The van der Waals surface area contributed by atoms with E-state index in [1.807, 2.05) is 25.1 Å². The largest absolute Gasteiger partial charge is 0.497 e. The van der Waals surface area contributed by atoms with Gasteiger partial charge in [-0.1, -0.05) is 0 Å². The maximum absolute atomic E-state index is 10.6. The van der Waals surface area contributed by atoms with Gasteiger partial charge in [0.25, 0.3) is 0 Å². The number of aryl methyl sites for hydroxylation is 2. The fraction of sp³-hybridized carbons (Fsp3) is 0.308. The van der Waals surface area contributed by atoms with Gasteiger partial charge in [0.1, 0.15) is 5.75 Å². The van der Waals surface area contributed by atoms with Gasteiger partial charge in [-0.2, -0.15) is 0 Å². The molecule has 0 radical (unpaired) electrons. The van der Waals surface area contributed by atoms with Gasteiger partial charge >= 0.3 is 5.97 Å². The van der Waals surface area contributed by atoms with Crippen LogP contribution in [0.3, 0.4) is 0 Å². The summed E-state index contributed by atoms with van der Waals surface area (Å²) in [7, 11) is 1.63. The van der Waals surface area contributed by atoms with Crippen LogP contribution in [0.5, 0.6) is 5.75 Å². The van der Waals surface area contributed by atoms with Gasteiger partial charge in [-0.15, -0.1) is 0 Å². The van der Waals surface area contributed by atoms with Gasteiger partial charge in [0, 0.05) is 16.6 Å². The van der Waals surface area contributed by atoms with E-state index < -0.39 is 5.97 Å². The highest BCUT2D eigenvalue weighted by Gasteiger charge is 2.09. The summed E-state index contributed by atoms with van der Waals surface area (Å²) in [6.45, 7) is 2.00. The summed E-state index contributed by atoms with van der Waals surface area (Å²) in [5.41, 5.74) is 3.10. The van der Waals surface area contributed by atoms with Crippen molar-refractivity contribution in [3.8, 4) is 5.75 Å². The van der Waals surface area contributed by atoms with Crippen molar-refractivity contribution in [2.45, 2.75) is 19.8 Å². The summed E-state index contributed by atoms with van der Waals surface area (Å²) in [4.78, 5) is 13.8. The fourth-order valence-corrected chi connectivity index (χ4v) is 1.97. The number of aromatic nitrogens is 1. The molecule has 0 atom stereocenters. The highest BCUT2D eigenvalue weighted by atomic mass is 16.5. The Morgan fingerprint density at radius 3 is 2.88 bits per heavy atom. The first-order chi connectivity index (χ1) is 8.11. The number of rotatable bonds is 4. The van der Waals surface area contributed by atoms with Crippen LogP contribution in [0.4, 0.5) is 0 Å². The van der Waals surface area contributed by atoms with Crippen LogP contribution >= 0.6 is 0 Å². The van der Waals surface area contributed by atoms with E-state index in [0.717, 1.165) is 27.9 Å². The number of benzene rings is 1. The zero-order valence-corrected chi connectivity index (χ0v) is 9.91. The van der Waals surface area contributed by atoms with E-state index in [2.05, 4.69) is 4.98 Å². The first-order valence-corrected chi connectivity index (χ1v) is 5.49. The predicted octanol–water partition coefficient (Wildman–Crippen LogP) is 2.50. The van der Waals surface area contributed by atoms with E-state index in [1.54, 1.807) is 7.11 Å². The van der Waals surface area contributed by atoms with E-state index in [4.69, 9.17) is 9.84 Å². The number of ether oxygens (including phenoxy) is 1. The molecular formula is C13H15NO3. The Hall–Kier alpha value is -1.97. The number of methoxy groups -OCH3 is 1. The summed E-state index contributed by atoms with van der Waals surface area (Å²) in [6.07, 6.45) is 0.670. The number of carboxylic acid groups (broad SMARTS) is 1. The molecule has 1 heterocycles. The van der Waals surface area contributed by atoms with Gasteiger partial charge < -0.3 is 14.8 Å². The number of H-pyrrole nitrogens is 1. The number of aromatic amines is 1. The number of hydrogen-bond donors (Lipinski definition) is 2. The number of aliphatic carboxylic acids is 1. The quantitative estimate of drug-likeness (QED) is 0.852. The summed E-state index contributed by atoms with van der Waals surface area (Å²) < 4.78 is 5.18. The second-order valence-electron chi connectivity index (χ2n) is 4.03. The van der Waals surface area contributed by atoms with Gasteiger partial charge in [-0.3, -0.25) is 4.79 Å². The lowest BCUT2D eigenvalue weighted by molar-refractivity contribution is -0.136. The number of carbonyl (C=O) groups is 1. The van der Waals surface area contributed by atoms with Crippen LogP contribution in [0.1, 0.15) is 17.7 Å². The standard InChI is InChI=1S/C13H15NO3/c1-8-10-7-9(17-2)3-4-12(10)14-11(8)5-6-13(15)16/h3-4,7,14H,5-6H2,1-2H3,(H,15,16). The molecule has 90 valence electrons. The molecule has 4 heteroatoms. The summed E-state index contributed by atoms with van der Waals surface area (Å²) in [5, 5.41) is 9.78. The molecule has 0 amide bonds. The zero-order chi connectivity index (χ0) is 12.4. The van der Waals surface area contributed by atoms with Gasteiger partial charge in [0.2, 0.25) is 0 Å². The number of nitrogens with one attached hydrogen (secondary N) is 1. The van der Waals surface area contributed by atoms with Crippen molar-refractivity contribution in [2.24, 2.45) is 0 Å². The molecule has 2 rings (SSSR count). The lowest BCUT2D eigenvalue weighted by Crippen LogP contribution is -1.98. The highest BCUT2D eigenvalue weighted by Crippen LogP contribution is 2.26. The third kappa shape index (κ3) is 2.25. The number of fused-ring (bicyclic) bond motifs is 1. The topological polar surface area (TPSA) is 62.3 Å². The predicted molar refractivity (Wildman–Crippen MR) is 65.5 cm³/mol. The highest BCUT2D eigenvalue weighted by molar-refractivity contribution is 5.86. The molecule has 0 aliphatic carbocycles. The molecule has 0 unspecified atom stereocenters. The molecule has 0 spiro atoms. The van der Waals surface area contributed by atoms with Crippen molar-refractivity contribution in [1.29, 1.82) is 0 Å². The second kappa shape index (κ2) is 4.49. The third-order valence-corrected chi connectivity index (χ3v) is 2.96. The second-order valence-corrected chi connectivity index (χ2v) is 4.03. The molecule has 0 aliphatic heterocycles.